The van der Waals surface area contributed by atoms with Crippen LogP contribution in [0.4, 0.5) is 0 Å². The molecule has 0 amide bonds. The maximum Gasteiger partial charge on any atom is 0.0888 e. The Bertz CT molecular complexity index is 58.8. The van der Waals surface area contributed by atoms with Gasteiger partial charge >= 0.3 is 0 Å². The van der Waals surface area contributed by atoms with Crippen molar-refractivity contribution in [3.8, 4) is 0 Å². The van der Waals surface area contributed by atoms with Gasteiger partial charge in [-0.1, -0.05) is 13.5 Å². The summed E-state index contributed by atoms with van der Waals surface area (Å²) in [5.41, 5.74) is 0. The third-order valence-corrected chi connectivity index (χ3v) is 0.835. The Labute approximate surface area is 51.4 Å². The van der Waals surface area contributed by atoms with Crippen LogP contribution in [0.25, 0.3) is 0 Å². The standard InChI is InChI=1S/C7H13O/c1-4-6-7(3)8-5-2/h2-6H2,1H3. The van der Waals surface area contributed by atoms with Crippen LogP contribution in [0, 0.1) is 6.92 Å². The molecule has 0 aromatic carbocycles. The van der Waals surface area contributed by atoms with E-state index in [9.17, 15) is 0 Å². The summed E-state index contributed by atoms with van der Waals surface area (Å²) >= 11 is 0. The average Bonchev–Trinajstić information content (AvgIpc) is 1.68. The molecule has 47 valence electrons. The van der Waals surface area contributed by atoms with Crippen LogP contribution in [0.5, 0.6) is 0 Å². The maximum absolute atomic E-state index is 4.98. The third kappa shape index (κ3) is 3.72. The molecule has 0 atom stereocenters. The van der Waals surface area contributed by atoms with E-state index in [0.717, 1.165) is 18.6 Å². The fourth-order valence-electron chi connectivity index (χ4n) is 0.495. The molecule has 0 saturated heterocycles. The Morgan fingerprint density at radius 2 is 2.25 bits per heavy atom. The zero-order valence-corrected chi connectivity index (χ0v) is 5.44. The van der Waals surface area contributed by atoms with Gasteiger partial charge < -0.3 is 4.74 Å². The van der Waals surface area contributed by atoms with Gasteiger partial charge in [0.1, 0.15) is 0 Å². The minimum absolute atomic E-state index is 0.499. The van der Waals surface area contributed by atoms with Crippen LogP contribution < -0.4 is 0 Å². The monoisotopic (exact) mass is 113 g/mol. The predicted molar refractivity (Wildman–Crippen MR) is 35.4 cm³/mol. The second-order valence-electron chi connectivity index (χ2n) is 1.64. The molecule has 1 nitrogen and oxygen atoms in total. The van der Waals surface area contributed by atoms with E-state index in [-0.39, 0.29) is 0 Å². The van der Waals surface area contributed by atoms with Gasteiger partial charge in [0.25, 0.3) is 0 Å². The van der Waals surface area contributed by atoms with Gasteiger partial charge in [-0.05, 0) is 13.3 Å². The second kappa shape index (κ2) is 4.69. The van der Waals surface area contributed by atoms with Gasteiger partial charge in [-0.3, -0.25) is 0 Å². The summed E-state index contributed by atoms with van der Waals surface area (Å²) < 4.78 is 4.98. The van der Waals surface area contributed by atoms with Crippen molar-refractivity contribution in [2.24, 2.45) is 0 Å². The Morgan fingerprint density at radius 3 is 2.62 bits per heavy atom. The van der Waals surface area contributed by atoms with E-state index in [0.29, 0.717) is 6.61 Å². The molecule has 1 heteroatoms. The number of allylic oxidation sites excluding steroid dienone is 1. The largest absolute Gasteiger partial charge is 0.499 e. The predicted octanol–water partition coefficient (Wildman–Crippen LogP) is 2.15. The third-order valence-electron chi connectivity index (χ3n) is 0.835. The summed E-state index contributed by atoms with van der Waals surface area (Å²) in [5, 5.41) is 0. The van der Waals surface area contributed by atoms with Crippen molar-refractivity contribution in [2.75, 3.05) is 6.61 Å². The summed E-state index contributed by atoms with van der Waals surface area (Å²) in [4.78, 5) is 0. The van der Waals surface area contributed by atoms with Crippen molar-refractivity contribution >= 4 is 0 Å². The molecular weight excluding hydrogens is 100 g/mol. The van der Waals surface area contributed by atoms with Crippen molar-refractivity contribution in [1.29, 1.82) is 0 Å². The first kappa shape index (κ1) is 7.54. The molecule has 0 spiro atoms. The highest BCUT2D eigenvalue weighted by Gasteiger charge is 1.87. The molecule has 0 aromatic rings. The summed E-state index contributed by atoms with van der Waals surface area (Å²) in [5.74, 6) is 0.850. The molecule has 0 aliphatic rings. The first-order valence-electron chi connectivity index (χ1n) is 2.91. The molecule has 0 bridgehead atoms. The second-order valence-corrected chi connectivity index (χ2v) is 1.64. The van der Waals surface area contributed by atoms with Crippen molar-refractivity contribution in [3.05, 3.63) is 19.3 Å². The summed E-state index contributed by atoms with van der Waals surface area (Å²) in [6, 6.07) is 0. The Morgan fingerprint density at radius 1 is 1.62 bits per heavy atom. The normalized spacial score (nSPS) is 8.75. The van der Waals surface area contributed by atoms with E-state index in [1.165, 1.54) is 0 Å². The first-order valence-corrected chi connectivity index (χ1v) is 2.91. The maximum atomic E-state index is 4.98. The van der Waals surface area contributed by atoms with Crippen LogP contribution in [0.1, 0.15) is 19.8 Å². The Hall–Kier alpha value is -0.460. The van der Waals surface area contributed by atoms with E-state index >= 15 is 0 Å². The molecule has 0 aromatic heterocycles. The van der Waals surface area contributed by atoms with Crippen molar-refractivity contribution in [1.82, 2.24) is 0 Å². The lowest BCUT2D eigenvalue weighted by Crippen LogP contribution is -1.88. The minimum atomic E-state index is 0.499. The SMILES string of the molecule is [CH2]COC(=C)CCC. The lowest BCUT2D eigenvalue weighted by molar-refractivity contribution is 0.235. The zero-order valence-electron chi connectivity index (χ0n) is 5.44. The molecule has 0 aliphatic heterocycles. The van der Waals surface area contributed by atoms with E-state index in [2.05, 4.69) is 20.4 Å². The number of hydrogen-bond donors (Lipinski definition) is 0. The zero-order chi connectivity index (χ0) is 6.41. The molecule has 0 aliphatic carbocycles. The van der Waals surface area contributed by atoms with Gasteiger partial charge in [0, 0.05) is 6.42 Å². The Balaban J connectivity index is 3.06. The van der Waals surface area contributed by atoms with Gasteiger partial charge in [0.05, 0.1) is 12.4 Å². The highest BCUT2D eigenvalue weighted by Crippen LogP contribution is 2.01. The van der Waals surface area contributed by atoms with Crippen LogP contribution in [0.3, 0.4) is 0 Å². The van der Waals surface area contributed by atoms with Gasteiger partial charge in [-0.25, -0.2) is 0 Å². The summed E-state index contributed by atoms with van der Waals surface area (Å²) in [6.07, 6.45) is 2.05. The minimum Gasteiger partial charge on any atom is -0.499 e. The van der Waals surface area contributed by atoms with Crippen LogP contribution in [-0.4, -0.2) is 6.61 Å². The van der Waals surface area contributed by atoms with Crippen molar-refractivity contribution < 1.29 is 4.74 Å². The lowest BCUT2D eigenvalue weighted by atomic mass is 10.3. The molecule has 0 fully saturated rings. The van der Waals surface area contributed by atoms with Crippen LogP contribution in [0.15, 0.2) is 12.3 Å². The topological polar surface area (TPSA) is 9.23 Å². The van der Waals surface area contributed by atoms with E-state index < -0.39 is 0 Å². The lowest BCUT2D eigenvalue weighted by Gasteiger charge is -2.02. The van der Waals surface area contributed by atoms with E-state index in [1.54, 1.807) is 0 Å². The number of ether oxygens (including phenoxy) is 1. The van der Waals surface area contributed by atoms with E-state index in [4.69, 9.17) is 4.74 Å². The van der Waals surface area contributed by atoms with Crippen LogP contribution >= 0.6 is 0 Å². The van der Waals surface area contributed by atoms with Gasteiger partial charge in [-0.15, -0.1) is 0 Å². The van der Waals surface area contributed by atoms with Crippen LogP contribution in [-0.2, 0) is 4.74 Å². The first-order chi connectivity index (χ1) is 3.81. The smallest absolute Gasteiger partial charge is 0.0888 e. The van der Waals surface area contributed by atoms with Gasteiger partial charge in [-0.2, -0.15) is 0 Å². The van der Waals surface area contributed by atoms with Crippen molar-refractivity contribution in [3.63, 3.8) is 0 Å². The molecule has 8 heavy (non-hydrogen) atoms. The quantitative estimate of drug-likeness (QED) is 0.507. The van der Waals surface area contributed by atoms with E-state index in [1.807, 2.05) is 0 Å². The fourth-order valence-corrected chi connectivity index (χ4v) is 0.495. The van der Waals surface area contributed by atoms with Gasteiger partial charge in [0.15, 0.2) is 0 Å². The highest BCUT2D eigenvalue weighted by atomic mass is 16.5. The molecule has 0 N–H and O–H groups in total. The molecule has 0 rings (SSSR count). The average molecular weight is 113 g/mol. The summed E-state index contributed by atoms with van der Waals surface area (Å²) in [7, 11) is 0. The molecule has 1 radical (unpaired) electrons. The number of hydrogen-bond acceptors (Lipinski definition) is 1. The van der Waals surface area contributed by atoms with Crippen LogP contribution in [0.2, 0.25) is 0 Å². The molecule has 0 saturated carbocycles. The number of rotatable bonds is 4. The molecular formula is C7H13O. The van der Waals surface area contributed by atoms with Crippen molar-refractivity contribution in [2.45, 2.75) is 19.8 Å². The fraction of sp³-hybridized carbons (Fsp3) is 0.571. The Kier molecular flexibility index (Phi) is 4.42. The highest BCUT2D eigenvalue weighted by molar-refractivity contribution is 4.80. The molecule has 0 heterocycles. The summed E-state index contributed by atoms with van der Waals surface area (Å²) in [6.45, 7) is 9.79. The molecule has 0 unspecified atom stereocenters. The van der Waals surface area contributed by atoms with Gasteiger partial charge in [0.2, 0.25) is 0 Å².